The predicted molar refractivity (Wildman–Crippen MR) is 58.9 cm³/mol. The Morgan fingerprint density at radius 1 is 0.727 bits per heavy atom. The molecule has 0 spiro atoms. The van der Waals surface area contributed by atoms with Gasteiger partial charge in [-0.2, -0.15) is 0 Å². The number of carbonyl (C=O) groups is 5. The fourth-order valence-corrected chi connectivity index (χ4v) is 0.714. The van der Waals surface area contributed by atoms with Crippen LogP contribution in [0.5, 0.6) is 0 Å². The van der Waals surface area contributed by atoms with E-state index in [2.05, 4.69) is 0 Å². The molecule has 0 aromatic carbocycles. The maximum atomic E-state index is 10.3. The van der Waals surface area contributed by atoms with E-state index in [1.807, 2.05) is 0 Å². The summed E-state index contributed by atoms with van der Waals surface area (Å²) in [5.41, 5.74) is -2.74. The van der Waals surface area contributed by atoms with Gasteiger partial charge in [0.05, 0.1) is 12.8 Å². The van der Waals surface area contributed by atoms with Gasteiger partial charge in [0, 0.05) is 0 Å². The van der Waals surface area contributed by atoms with Gasteiger partial charge in [0.2, 0.25) is 12.3 Å². The zero-order valence-electron chi connectivity index (χ0n) is 10.7. The largest absolute Gasteiger partial charge is 2.00 e. The molecule has 0 aromatic rings. The molecule has 0 saturated heterocycles. The molecule has 6 N–H and O–H groups in total. The number of hydrogen-bond donors (Lipinski definition) is 6. The molecule has 0 fully saturated rings. The van der Waals surface area contributed by atoms with Crippen LogP contribution in [0.15, 0.2) is 0 Å². The zero-order chi connectivity index (χ0) is 17.8. The molecule has 0 aliphatic rings. The van der Waals surface area contributed by atoms with E-state index in [4.69, 9.17) is 50.4 Å². The molecule has 0 rings (SSSR count). The maximum Gasteiger partial charge on any atom is 2.00 e. The Labute approximate surface area is 151 Å². The van der Waals surface area contributed by atoms with Crippen LogP contribution in [-0.4, -0.2) is 104 Å². The van der Waals surface area contributed by atoms with Crippen LogP contribution >= 0.6 is 0 Å². The first-order valence-electron chi connectivity index (χ1n) is 4.43. The molecule has 22 heavy (non-hydrogen) atoms. The molecule has 0 bridgehead atoms. The Hall–Kier alpha value is -1.83. The summed E-state index contributed by atoms with van der Waals surface area (Å²) < 4.78 is 0. The Bertz CT molecular complexity index is 367. The molecular formula is C8H10CaO13. The van der Waals surface area contributed by atoms with Crippen LogP contribution in [0, 0.1) is 0 Å². The van der Waals surface area contributed by atoms with Gasteiger partial charge in [-0.3, -0.25) is 9.59 Å². The van der Waals surface area contributed by atoms with E-state index >= 15 is 0 Å². The summed E-state index contributed by atoms with van der Waals surface area (Å²) in [5, 5.41) is 64.4. The van der Waals surface area contributed by atoms with Gasteiger partial charge in [0.1, 0.15) is 0 Å². The third-order valence-electron chi connectivity index (χ3n) is 1.29. The van der Waals surface area contributed by atoms with Crippen LogP contribution in [0.3, 0.4) is 0 Å². The molecule has 0 atom stereocenters. The van der Waals surface area contributed by atoms with Gasteiger partial charge < -0.3 is 50.4 Å². The second kappa shape index (κ2) is 14.1. The summed E-state index contributed by atoms with van der Waals surface area (Å²) in [4.78, 5) is 47.4. The van der Waals surface area contributed by atoms with E-state index in [9.17, 15) is 14.4 Å². The van der Waals surface area contributed by atoms with Crippen molar-refractivity contribution in [2.24, 2.45) is 0 Å². The van der Waals surface area contributed by atoms with Gasteiger partial charge in [-0.15, -0.1) is 0 Å². The van der Waals surface area contributed by atoms with E-state index in [-0.39, 0.29) is 37.7 Å². The van der Waals surface area contributed by atoms with Crippen molar-refractivity contribution in [1.82, 2.24) is 0 Å². The van der Waals surface area contributed by atoms with E-state index in [0.29, 0.717) is 0 Å². The fourth-order valence-electron chi connectivity index (χ4n) is 0.714. The SMILES string of the molecule is O=C(O)CC(O)(CC(=O)O)C(=O)O.O=C([O-])O.O=C([O-])O.[Ca+2]. The van der Waals surface area contributed by atoms with Crippen molar-refractivity contribution in [2.75, 3.05) is 0 Å². The van der Waals surface area contributed by atoms with Crippen LogP contribution in [0.1, 0.15) is 12.8 Å². The molecule has 0 heterocycles. The van der Waals surface area contributed by atoms with Crippen LogP contribution in [0.25, 0.3) is 0 Å². The minimum atomic E-state index is -2.74. The minimum Gasteiger partial charge on any atom is -0.565 e. The normalized spacial score (nSPS) is 8.59. The van der Waals surface area contributed by atoms with Gasteiger partial charge in [-0.05, 0) is 0 Å². The van der Waals surface area contributed by atoms with E-state index < -0.39 is 48.7 Å². The van der Waals surface area contributed by atoms with Crippen molar-refractivity contribution in [3.63, 3.8) is 0 Å². The second-order valence-corrected chi connectivity index (χ2v) is 3.01. The molecule has 0 unspecified atom stereocenters. The van der Waals surface area contributed by atoms with Crippen molar-refractivity contribution >= 4 is 68.0 Å². The molecule has 0 aliphatic heterocycles. The summed E-state index contributed by atoms with van der Waals surface area (Å²) in [6.07, 6.45) is -6.46. The summed E-state index contributed by atoms with van der Waals surface area (Å²) >= 11 is 0. The van der Waals surface area contributed by atoms with Crippen molar-refractivity contribution in [3.8, 4) is 0 Å². The average Bonchev–Trinajstić information content (AvgIpc) is 2.11. The molecule has 0 radical (unpaired) electrons. The maximum absolute atomic E-state index is 10.3. The third-order valence-corrected chi connectivity index (χ3v) is 1.29. The zero-order valence-corrected chi connectivity index (χ0v) is 12.9. The number of hydrogen-bond acceptors (Lipinski definition) is 8. The quantitative estimate of drug-likeness (QED) is 0.259. The summed E-state index contributed by atoms with van der Waals surface area (Å²) in [6.45, 7) is 0. The average molecular weight is 354 g/mol. The number of carboxylic acid groups (broad SMARTS) is 7. The Morgan fingerprint density at radius 2 is 0.909 bits per heavy atom. The van der Waals surface area contributed by atoms with Crippen molar-refractivity contribution < 1.29 is 64.8 Å². The molecular weight excluding hydrogens is 344 g/mol. The van der Waals surface area contributed by atoms with Gasteiger partial charge in [0.25, 0.3) is 0 Å². The summed E-state index contributed by atoms with van der Waals surface area (Å²) in [6, 6.07) is 0. The molecule has 0 saturated carbocycles. The van der Waals surface area contributed by atoms with E-state index in [1.165, 1.54) is 0 Å². The Balaban J connectivity index is -0.000000150. The molecule has 0 amide bonds. The van der Waals surface area contributed by atoms with Crippen molar-refractivity contribution in [2.45, 2.75) is 18.4 Å². The van der Waals surface area contributed by atoms with Crippen LogP contribution in [-0.2, 0) is 14.4 Å². The molecule has 122 valence electrons. The monoisotopic (exact) mass is 354 g/mol. The smallest absolute Gasteiger partial charge is 0.565 e. The molecule has 0 aromatic heterocycles. The summed E-state index contributed by atoms with van der Waals surface area (Å²) in [7, 11) is 0. The van der Waals surface area contributed by atoms with E-state index in [0.717, 1.165) is 0 Å². The molecule has 14 heteroatoms. The Morgan fingerprint density at radius 3 is 1.00 bits per heavy atom. The number of carboxylic acids is 3. The number of aliphatic carboxylic acids is 3. The van der Waals surface area contributed by atoms with Crippen LogP contribution in [0.2, 0.25) is 0 Å². The first-order valence-corrected chi connectivity index (χ1v) is 4.43. The Kier molecular flexibility index (Phi) is 18.2. The van der Waals surface area contributed by atoms with Crippen molar-refractivity contribution in [3.05, 3.63) is 0 Å². The standard InChI is InChI=1S/C6H8O7.2CH2O3.Ca/c7-3(8)1-6(13,5(11)12)2-4(9)10;2*2-1(3)4;/h13H,1-2H2,(H,7,8)(H,9,10)(H,11,12);2*(H2,2,3,4);/q;;;+2/p-2. The van der Waals surface area contributed by atoms with E-state index in [1.54, 1.807) is 0 Å². The minimum absolute atomic E-state index is 0. The van der Waals surface area contributed by atoms with Gasteiger partial charge in [-0.1, -0.05) is 0 Å². The topological polar surface area (TPSA) is 253 Å². The fraction of sp³-hybridized carbons (Fsp3) is 0.375. The molecule has 0 aliphatic carbocycles. The third kappa shape index (κ3) is 26.7. The second-order valence-electron chi connectivity index (χ2n) is 3.01. The first kappa shape index (κ1) is 28.3. The number of aliphatic hydroxyl groups is 1. The molecule has 13 nitrogen and oxygen atoms in total. The van der Waals surface area contributed by atoms with Crippen molar-refractivity contribution in [1.29, 1.82) is 0 Å². The van der Waals surface area contributed by atoms with Crippen LogP contribution in [0.4, 0.5) is 9.59 Å². The predicted octanol–water partition coefficient (Wildman–Crippen LogP) is -3.85. The number of rotatable bonds is 5. The first-order chi connectivity index (χ1) is 9.24. The van der Waals surface area contributed by atoms with Gasteiger partial charge in [0.15, 0.2) is 5.60 Å². The van der Waals surface area contributed by atoms with Crippen LogP contribution < -0.4 is 10.2 Å². The van der Waals surface area contributed by atoms with Gasteiger partial charge in [-0.25, -0.2) is 4.79 Å². The van der Waals surface area contributed by atoms with Gasteiger partial charge >= 0.3 is 55.6 Å². The summed E-state index contributed by atoms with van der Waals surface area (Å²) in [5.74, 6) is -5.02.